The van der Waals surface area contributed by atoms with Crippen molar-refractivity contribution in [3.63, 3.8) is 0 Å². The van der Waals surface area contributed by atoms with E-state index in [0.717, 1.165) is 11.7 Å². The lowest BCUT2D eigenvalue weighted by atomic mass is 10.3. The Balaban J connectivity index is 1.72. The van der Waals surface area contributed by atoms with Gasteiger partial charge >= 0.3 is 0 Å². The van der Waals surface area contributed by atoms with Gasteiger partial charge in [0.1, 0.15) is 5.82 Å². The van der Waals surface area contributed by atoms with Crippen LogP contribution in [0.2, 0.25) is 0 Å². The number of aromatic nitrogens is 2. The molecule has 0 radical (unpaired) electrons. The molecule has 0 saturated heterocycles. The second-order valence-corrected chi connectivity index (χ2v) is 3.90. The van der Waals surface area contributed by atoms with Crippen LogP contribution in [0.3, 0.4) is 0 Å². The minimum absolute atomic E-state index is 0.709. The van der Waals surface area contributed by atoms with Gasteiger partial charge in [-0.2, -0.15) is 5.10 Å². The lowest BCUT2D eigenvalue weighted by molar-refractivity contribution is 0.961. The highest BCUT2D eigenvalue weighted by Gasteiger charge is 2.27. The van der Waals surface area contributed by atoms with Crippen molar-refractivity contribution in [3.8, 4) is 0 Å². The number of aromatic amines is 1. The summed E-state index contributed by atoms with van der Waals surface area (Å²) < 4.78 is 0. The van der Waals surface area contributed by atoms with E-state index in [0.29, 0.717) is 6.04 Å². The maximum Gasteiger partial charge on any atom is 0.148 e. The first-order valence-electron chi connectivity index (χ1n) is 4.73. The fourth-order valence-electron chi connectivity index (χ4n) is 1.45. The zero-order valence-electron chi connectivity index (χ0n) is 7.01. The van der Waals surface area contributed by atoms with E-state index in [1.807, 2.05) is 0 Å². The van der Waals surface area contributed by atoms with E-state index in [4.69, 9.17) is 0 Å². The molecule has 2 saturated carbocycles. The van der Waals surface area contributed by atoms with E-state index >= 15 is 0 Å². The van der Waals surface area contributed by atoms with Crippen LogP contribution in [0.1, 0.15) is 37.3 Å². The van der Waals surface area contributed by atoms with E-state index in [2.05, 4.69) is 21.6 Å². The largest absolute Gasteiger partial charge is 0.366 e. The third-order valence-corrected chi connectivity index (χ3v) is 2.54. The Morgan fingerprint density at radius 1 is 1.33 bits per heavy atom. The van der Waals surface area contributed by atoms with E-state index in [9.17, 15) is 0 Å². The highest BCUT2D eigenvalue weighted by atomic mass is 15.2. The van der Waals surface area contributed by atoms with Crippen LogP contribution in [-0.2, 0) is 0 Å². The molecule has 0 spiro atoms. The maximum absolute atomic E-state index is 4.22. The van der Waals surface area contributed by atoms with Gasteiger partial charge in [0.05, 0.1) is 0 Å². The molecule has 2 aliphatic carbocycles. The molecule has 12 heavy (non-hydrogen) atoms. The van der Waals surface area contributed by atoms with Crippen LogP contribution in [0.25, 0.3) is 0 Å². The first-order valence-corrected chi connectivity index (χ1v) is 4.73. The van der Waals surface area contributed by atoms with Gasteiger partial charge < -0.3 is 5.32 Å². The molecule has 1 aromatic heterocycles. The third-order valence-electron chi connectivity index (χ3n) is 2.54. The van der Waals surface area contributed by atoms with E-state index in [-0.39, 0.29) is 0 Å². The molecule has 3 nitrogen and oxygen atoms in total. The average molecular weight is 163 g/mol. The fourth-order valence-corrected chi connectivity index (χ4v) is 1.45. The molecule has 0 aromatic carbocycles. The molecule has 3 rings (SSSR count). The van der Waals surface area contributed by atoms with Gasteiger partial charge in [-0.1, -0.05) is 0 Å². The van der Waals surface area contributed by atoms with Gasteiger partial charge in [-0.05, 0) is 25.7 Å². The van der Waals surface area contributed by atoms with Crippen LogP contribution in [0.5, 0.6) is 0 Å². The monoisotopic (exact) mass is 163 g/mol. The number of hydrogen-bond acceptors (Lipinski definition) is 2. The molecule has 2 fully saturated rings. The number of H-pyrrole nitrogens is 1. The Morgan fingerprint density at radius 3 is 2.83 bits per heavy atom. The van der Waals surface area contributed by atoms with Gasteiger partial charge in [-0.3, -0.25) is 5.10 Å². The Kier molecular flexibility index (Phi) is 1.22. The Morgan fingerprint density at radius 2 is 2.17 bits per heavy atom. The predicted molar refractivity (Wildman–Crippen MR) is 47.2 cm³/mol. The second kappa shape index (κ2) is 2.25. The van der Waals surface area contributed by atoms with Crippen LogP contribution in [-0.4, -0.2) is 16.2 Å². The zero-order valence-corrected chi connectivity index (χ0v) is 7.01. The number of nitrogens with one attached hydrogen (secondary N) is 2. The topological polar surface area (TPSA) is 40.7 Å². The highest BCUT2D eigenvalue weighted by Crippen LogP contribution is 2.39. The first-order chi connectivity index (χ1) is 5.92. The molecule has 3 heteroatoms. The fraction of sp³-hybridized carbons (Fsp3) is 0.667. The number of hydrogen-bond donors (Lipinski definition) is 2. The Labute approximate surface area is 71.6 Å². The smallest absolute Gasteiger partial charge is 0.148 e. The Hall–Kier alpha value is -0.990. The molecule has 64 valence electrons. The molecule has 0 aliphatic heterocycles. The molecule has 2 N–H and O–H groups in total. The van der Waals surface area contributed by atoms with E-state index in [1.165, 1.54) is 31.4 Å². The summed E-state index contributed by atoms with van der Waals surface area (Å²) in [6, 6.07) is 2.87. The summed E-state index contributed by atoms with van der Waals surface area (Å²) in [5.41, 5.74) is 1.32. The highest BCUT2D eigenvalue weighted by molar-refractivity contribution is 5.39. The molecule has 0 amide bonds. The van der Waals surface area contributed by atoms with Crippen molar-refractivity contribution < 1.29 is 0 Å². The van der Waals surface area contributed by atoms with Gasteiger partial charge in [-0.25, -0.2) is 0 Å². The van der Waals surface area contributed by atoms with Crippen LogP contribution in [0.4, 0.5) is 5.82 Å². The summed E-state index contributed by atoms with van der Waals surface area (Å²) in [7, 11) is 0. The van der Waals surface area contributed by atoms with E-state index in [1.54, 1.807) is 0 Å². The molecule has 1 aromatic rings. The zero-order chi connectivity index (χ0) is 7.97. The van der Waals surface area contributed by atoms with Gasteiger partial charge in [-0.15, -0.1) is 0 Å². The standard InChI is InChI=1S/C9H13N3/c1-2-6(1)8-5-9(12-11-8)10-7-3-4-7/h5-7H,1-4H2,(H2,10,11,12). The number of nitrogens with zero attached hydrogens (tertiary/aromatic N) is 1. The van der Waals surface area contributed by atoms with Crippen molar-refractivity contribution in [2.24, 2.45) is 0 Å². The van der Waals surface area contributed by atoms with Crippen LogP contribution >= 0.6 is 0 Å². The summed E-state index contributed by atoms with van der Waals surface area (Å²) in [6.45, 7) is 0. The van der Waals surface area contributed by atoms with Gasteiger partial charge in [0.25, 0.3) is 0 Å². The summed E-state index contributed by atoms with van der Waals surface area (Å²) in [5.74, 6) is 1.83. The molecule has 2 aliphatic rings. The van der Waals surface area contributed by atoms with Crippen LogP contribution in [0.15, 0.2) is 6.07 Å². The van der Waals surface area contributed by atoms with Crippen molar-refractivity contribution in [2.45, 2.75) is 37.6 Å². The molecule has 0 atom stereocenters. The maximum atomic E-state index is 4.22. The minimum atomic E-state index is 0.709. The average Bonchev–Trinajstić information content (AvgIpc) is 2.92. The van der Waals surface area contributed by atoms with Crippen LogP contribution in [0, 0.1) is 0 Å². The molecular formula is C9H13N3. The van der Waals surface area contributed by atoms with Gasteiger partial charge in [0, 0.05) is 23.7 Å². The summed E-state index contributed by atoms with van der Waals surface area (Å²) in [6.07, 6.45) is 5.30. The predicted octanol–water partition coefficient (Wildman–Crippen LogP) is 1.86. The SMILES string of the molecule is c1c(NC2CC2)n[nH]c1C1CC1. The van der Waals surface area contributed by atoms with E-state index < -0.39 is 0 Å². The molecule has 0 bridgehead atoms. The summed E-state index contributed by atoms with van der Waals surface area (Å²) in [5, 5.41) is 10.7. The van der Waals surface area contributed by atoms with Crippen molar-refractivity contribution in [1.29, 1.82) is 0 Å². The van der Waals surface area contributed by atoms with Crippen molar-refractivity contribution >= 4 is 5.82 Å². The van der Waals surface area contributed by atoms with Gasteiger partial charge in [0.2, 0.25) is 0 Å². The number of rotatable bonds is 3. The van der Waals surface area contributed by atoms with Crippen molar-refractivity contribution in [2.75, 3.05) is 5.32 Å². The third kappa shape index (κ3) is 1.19. The molecule has 1 heterocycles. The molecule has 0 unspecified atom stereocenters. The van der Waals surface area contributed by atoms with Crippen molar-refractivity contribution in [3.05, 3.63) is 11.8 Å². The lowest BCUT2D eigenvalue weighted by Gasteiger charge is -1.95. The number of anilines is 1. The normalized spacial score (nSPS) is 22.7. The second-order valence-electron chi connectivity index (χ2n) is 3.90. The van der Waals surface area contributed by atoms with Crippen molar-refractivity contribution in [1.82, 2.24) is 10.2 Å². The lowest BCUT2D eigenvalue weighted by Crippen LogP contribution is -2.00. The minimum Gasteiger partial charge on any atom is -0.366 e. The summed E-state index contributed by atoms with van der Waals surface area (Å²) in [4.78, 5) is 0. The first kappa shape index (κ1) is 6.52. The quantitative estimate of drug-likeness (QED) is 0.714. The van der Waals surface area contributed by atoms with Gasteiger partial charge in [0.15, 0.2) is 0 Å². The Bertz CT molecular complexity index is 284. The summed E-state index contributed by atoms with van der Waals surface area (Å²) >= 11 is 0. The molecular weight excluding hydrogens is 150 g/mol. The van der Waals surface area contributed by atoms with Crippen LogP contribution < -0.4 is 5.32 Å².